The van der Waals surface area contributed by atoms with Gasteiger partial charge in [0.25, 0.3) is 0 Å². The molecule has 0 atom stereocenters. The molecule has 0 saturated heterocycles. The number of hydrogen-bond acceptors (Lipinski definition) is 4. The van der Waals surface area contributed by atoms with Crippen molar-refractivity contribution in [3.8, 4) is 45.5 Å². The second kappa shape index (κ2) is 4.75. The van der Waals surface area contributed by atoms with Gasteiger partial charge >= 0.3 is 0 Å². The molecule has 0 fully saturated rings. The van der Waals surface area contributed by atoms with Gasteiger partial charge in [0, 0.05) is 11.6 Å². The molecule has 1 heterocycles. The standard InChI is InChI=1S/C15H12N2O4/c18-12-3-1-8(5-14(12)20)10-7-11(17-16-10)9-2-4-13(19)15(21)6-9/h1-7,18-21H,(H,16,17)/p+1. The summed E-state index contributed by atoms with van der Waals surface area (Å²) in [6, 6.07) is 10.8. The fraction of sp³-hybridized carbons (Fsp3) is 0. The van der Waals surface area contributed by atoms with E-state index in [1.54, 1.807) is 18.2 Å². The van der Waals surface area contributed by atoms with E-state index in [0.29, 0.717) is 22.5 Å². The monoisotopic (exact) mass is 285 g/mol. The third-order valence-electron chi connectivity index (χ3n) is 3.19. The van der Waals surface area contributed by atoms with Gasteiger partial charge in [-0.15, -0.1) is 5.10 Å². The van der Waals surface area contributed by atoms with E-state index < -0.39 is 0 Å². The number of phenolic OH excluding ortho intramolecular Hbond substituents is 4. The Hall–Kier alpha value is -3.15. The normalized spacial score (nSPS) is 10.7. The number of aromatic hydroxyl groups is 4. The highest BCUT2D eigenvalue weighted by atomic mass is 16.3. The molecule has 0 aliphatic carbocycles. The summed E-state index contributed by atoms with van der Waals surface area (Å²) < 4.78 is 0. The van der Waals surface area contributed by atoms with Crippen molar-refractivity contribution < 1.29 is 25.5 Å². The van der Waals surface area contributed by atoms with Gasteiger partial charge in [-0.2, -0.15) is 5.10 Å². The second-order valence-corrected chi connectivity index (χ2v) is 4.63. The van der Waals surface area contributed by atoms with Gasteiger partial charge in [-0.25, -0.2) is 0 Å². The van der Waals surface area contributed by atoms with Crippen LogP contribution in [-0.4, -0.2) is 25.5 Å². The number of rotatable bonds is 2. The van der Waals surface area contributed by atoms with Crippen LogP contribution < -0.4 is 5.10 Å². The van der Waals surface area contributed by atoms with Crippen molar-refractivity contribution in [3.05, 3.63) is 42.5 Å². The molecule has 0 unspecified atom stereocenters. The molecule has 0 saturated carbocycles. The summed E-state index contributed by atoms with van der Waals surface area (Å²) in [6.45, 7) is 0. The predicted octanol–water partition coefficient (Wildman–Crippen LogP) is 1.99. The molecule has 2 aromatic carbocycles. The number of phenols is 4. The van der Waals surface area contributed by atoms with Crippen LogP contribution in [0.5, 0.6) is 23.0 Å². The summed E-state index contributed by atoms with van der Waals surface area (Å²) >= 11 is 0. The zero-order chi connectivity index (χ0) is 15.0. The van der Waals surface area contributed by atoms with Gasteiger partial charge in [-0.1, -0.05) is 0 Å². The Morgan fingerprint density at radius 3 is 1.86 bits per heavy atom. The van der Waals surface area contributed by atoms with Gasteiger partial charge in [0.05, 0.1) is 5.56 Å². The molecule has 3 rings (SSSR count). The molecule has 0 spiro atoms. The SMILES string of the molecule is Oc1ccc(-c2cc(-c3ccc(O)c(O)c3)[nH+][nH]2)cc1O. The maximum absolute atomic E-state index is 9.52. The Bertz CT molecular complexity index is 745. The fourth-order valence-electron chi connectivity index (χ4n) is 2.04. The van der Waals surface area contributed by atoms with Gasteiger partial charge in [0.1, 0.15) is 5.69 Å². The zero-order valence-corrected chi connectivity index (χ0v) is 10.8. The Labute approximate surface area is 119 Å². The van der Waals surface area contributed by atoms with Gasteiger partial charge in [0.15, 0.2) is 23.0 Å². The van der Waals surface area contributed by atoms with Crippen LogP contribution >= 0.6 is 0 Å². The lowest BCUT2D eigenvalue weighted by Crippen LogP contribution is -2.04. The minimum absolute atomic E-state index is 0.182. The van der Waals surface area contributed by atoms with Crippen molar-refractivity contribution in [1.82, 2.24) is 5.10 Å². The first-order valence-corrected chi connectivity index (χ1v) is 6.20. The lowest BCUT2D eigenvalue weighted by molar-refractivity contribution is -0.436. The molecule has 0 bridgehead atoms. The Balaban J connectivity index is 1.99. The molecule has 6 nitrogen and oxygen atoms in total. The first-order valence-electron chi connectivity index (χ1n) is 6.20. The van der Waals surface area contributed by atoms with Crippen LogP contribution in [0.4, 0.5) is 0 Å². The molecule has 0 aliphatic rings. The molecule has 106 valence electrons. The maximum Gasteiger partial charge on any atom is 0.236 e. The average molecular weight is 285 g/mol. The highest BCUT2D eigenvalue weighted by molar-refractivity contribution is 5.69. The lowest BCUT2D eigenvalue weighted by atomic mass is 10.1. The first-order chi connectivity index (χ1) is 10.0. The zero-order valence-electron chi connectivity index (χ0n) is 10.8. The third kappa shape index (κ3) is 2.34. The minimum atomic E-state index is -0.203. The summed E-state index contributed by atoms with van der Waals surface area (Å²) in [5.41, 5.74) is 2.78. The number of hydrogen-bond donors (Lipinski definition) is 5. The average Bonchev–Trinajstić information content (AvgIpc) is 2.94. The Morgan fingerprint density at radius 1 is 0.667 bits per heavy atom. The third-order valence-corrected chi connectivity index (χ3v) is 3.19. The summed E-state index contributed by atoms with van der Waals surface area (Å²) in [4.78, 5) is 0. The van der Waals surface area contributed by atoms with E-state index in [4.69, 9.17) is 0 Å². The van der Waals surface area contributed by atoms with Crippen molar-refractivity contribution in [2.45, 2.75) is 0 Å². The van der Waals surface area contributed by atoms with Crippen molar-refractivity contribution in [1.29, 1.82) is 0 Å². The molecule has 1 aromatic heterocycles. The van der Waals surface area contributed by atoms with Crippen molar-refractivity contribution in [2.24, 2.45) is 0 Å². The van der Waals surface area contributed by atoms with E-state index in [1.807, 2.05) is 0 Å². The molecule has 0 amide bonds. The lowest BCUT2D eigenvalue weighted by Gasteiger charge is -1.99. The van der Waals surface area contributed by atoms with Gasteiger partial charge in [-0.3, -0.25) is 0 Å². The Kier molecular flexibility index (Phi) is 2.91. The quantitative estimate of drug-likeness (QED) is 0.463. The molecule has 0 aliphatic heterocycles. The van der Waals surface area contributed by atoms with Crippen LogP contribution in [0.2, 0.25) is 0 Å². The van der Waals surface area contributed by atoms with Crippen LogP contribution in [0.3, 0.4) is 0 Å². The van der Waals surface area contributed by atoms with Crippen molar-refractivity contribution >= 4 is 0 Å². The molecular weight excluding hydrogens is 272 g/mol. The summed E-state index contributed by atoms with van der Waals surface area (Å²) in [5, 5.41) is 43.5. The van der Waals surface area contributed by atoms with Crippen molar-refractivity contribution in [2.75, 3.05) is 0 Å². The molecule has 0 radical (unpaired) electrons. The second-order valence-electron chi connectivity index (χ2n) is 4.63. The van der Waals surface area contributed by atoms with E-state index in [9.17, 15) is 20.4 Å². The summed E-state index contributed by atoms with van der Waals surface area (Å²) in [7, 11) is 0. The predicted molar refractivity (Wildman–Crippen MR) is 74.9 cm³/mol. The molecular formula is C15H13N2O4+. The Morgan fingerprint density at radius 2 is 1.24 bits per heavy atom. The van der Waals surface area contributed by atoms with Crippen molar-refractivity contribution in [3.63, 3.8) is 0 Å². The van der Waals surface area contributed by atoms with E-state index in [2.05, 4.69) is 10.2 Å². The van der Waals surface area contributed by atoms with Gasteiger partial charge in [0.2, 0.25) is 5.69 Å². The number of nitrogens with one attached hydrogen (secondary N) is 2. The molecule has 6 heteroatoms. The summed E-state index contributed by atoms with van der Waals surface area (Å²) in [5.74, 6) is -0.771. The van der Waals surface area contributed by atoms with E-state index in [-0.39, 0.29) is 23.0 Å². The fourth-order valence-corrected chi connectivity index (χ4v) is 2.04. The first kappa shape index (κ1) is 12.9. The highest BCUT2D eigenvalue weighted by Crippen LogP contribution is 2.32. The number of H-pyrrole nitrogens is 2. The largest absolute Gasteiger partial charge is 0.504 e. The smallest absolute Gasteiger partial charge is 0.236 e. The topological polar surface area (TPSA) is 111 Å². The van der Waals surface area contributed by atoms with Gasteiger partial charge < -0.3 is 20.4 Å². The number of benzene rings is 2. The van der Waals surface area contributed by atoms with Gasteiger partial charge in [-0.05, 0) is 36.4 Å². The maximum atomic E-state index is 9.52. The van der Waals surface area contributed by atoms with E-state index in [1.165, 1.54) is 24.3 Å². The van der Waals surface area contributed by atoms with Crippen LogP contribution in [-0.2, 0) is 0 Å². The number of aromatic nitrogens is 2. The van der Waals surface area contributed by atoms with E-state index >= 15 is 0 Å². The van der Waals surface area contributed by atoms with E-state index in [0.717, 1.165) is 0 Å². The highest BCUT2D eigenvalue weighted by Gasteiger charge is 2.14. The number of aromatic amines is 2. The molecule has 6 N–H and O–H groups in total. The molecule has 3 aromatic rings. The minimum Gasteiger partial charge on any atom is -0.504 e. The van der Waals surface area contributed by atoms with Crippen LogP contribution in [0.15, 0.2) is 42.5 Å². The van der Waals surface area contributed by atoms with Crippen LogP contribution in [0, 0.1) is 0 Å². The van der Waals surface area contributed by atoms with Crippen LogP contribution in [0.25, 0.3) is 22.5 Å². The summed E-state index contributed by atoms with van der Waals surface area (Å²) in [6.07, 6.45) is 0. The molecule has 21 heavy (non-hydrogen) atoms. The van der Waals surface area contributed by atoms with Crippen LogP contribution in [0.1, 0.15) is 0 Å².